The molecule has 0 aliphatic heterocycles. The lowest BCUT2D eigenvalue weighted by Gasteiger charge is -2.19. The number of aromatic nitrogens is 1. The summed E-state index contributed by atoms with van der Waals surface area (Å²) in [4.78, 5) is 15.7. The number of aliphatic carboxylic acids is 1. The van der Waals surface area contributed by atoms with Crippen molar-refractivity contribution >= 4 is 30.3 Å². The average molecular weight is 471 g/mol. The zero-order valence-electron chi connectivity index (χ0n) is 18.7. The summed E-state index contributed by atoms with van der Waals surface area (Å²) in [6.45, 7) is 4.08. The molecule has 0 amide bonds. The number of aliphatic hydroxyl groups is 1. The molecule has 0 saturated carbocycles. The summed E-state index contributed by atoms with van der Waals surface area (Å²) in [5.41, 5.74) is 3.76. The third-order valence-corrected chi connectivity index (χ3v) is 7.47. The Morgan fingerprint density at radius 1 is 1.18 bits per heavy atom. The van der Waals surface area contributed by atoms with Crippen LogP contribution < -0.4 is 0 Å². The van der Waals surface area contributed by atoms with Gasteiger partial charge < -0.3 is 14.7 Å². The van der Waals surface area contributed by atoms with Crippen molar-refractivity contribution < 1.29 is 28.5 Å². The molecule has 0 aliphatic carbocycles. The Balaban J connectivity index is 2.19. The fourth-order valence-corrected chi connectivity index (χ4v) is 5.30. The van der Waals surface area contributed by atoms with E-state index in [2.05, 4.69) is 0 Å². The number of benzene rings is 2. The molecule has 2 atom stereocenters. The molecule has 0 aliphatic rings. The summed E-state index contributed by atoms with van der Waals surface area (Å²) in [7, 11) is -2.22. The summed E-state index contributed by atoms with van der Waals surface area (Å²) < 4.78 is 32.0. The van der Waals surface area contributed by atoms with Crippen molar-refractivity contribution in [2.24, 2.45) is 0 Å². The lowest BCUT2D eigenvalue weighted by Crippen LogP contribution is -2.17. The van der Waals surface area contributed by atoms with Crippen LogP contribution in [0.4, 0.5) is 4.39 Å². The molecule has 3 aromatic rings. The Labute approximate surface area is 192 Å². The number of para-hydroxylation sites is 1. The zero-order valence-corrected chi connectivity index (χ0v) is 19.6. The molecule has 2 aromatic carbocycles. The quantitative estimate of drug-likeness (QED) is 0.378. The first-order chi connectivity index (χ1) is 15.6. The highest BCUT2D eigenvalue weighted by Gasteiger charge is 2.25. The summed E-state index contributed by atoms with van der Waals surface area (Å²) in [6.07, 6.45) is -0.508. The molecule has 0 saturated heterocycles. The molecule has 0 bridgehead atoms. The van der Waals surface area contributed by atoms with Crippen LogP contribution in [0.25, 0.3) is 28.2 Å². The van der Waals surface area contributed by atoms with Gasteiger partial charge in [0.25, 0.3) is 0 Å². The molecule has 8 heteroatoms. The van der Waals surface area contributed by atoms with Crippen molar-refractivity contribution in [3.63, 3.8) is 0 Å². The van der Waals surface area contributed by atoms with E-state index in [1.807, 2.05) is 38.1 Å². The number of halogens is 1. The SMILES string of the molecule is COP(=O)(C=Cc1c(-c2ccc(F)cc2)nc2ccccc2c1C(C)C)C[C@@H](O)CC(=O)O. The van der Waals surface area contributed by atoms with E-state index < -0.39 is 25.9 Å². The number of nitrogens with zero attached hydrogens (tertiary/aromatic N) is 1. The molecule has 0 radical (unpaired) electrons. The van der Waals surface area contributed by atoms with E-state index >= 15 is 0 Å². The van der Waals surface area contributed by atoms with Crippen molar-refractivity contribution in [2.75, 3.05) is 13.3 Å². The van der Waals surface area contributed by atoms with Crippen molar-refractivity contribution in [1.82, 2.24) is 4.98 Å². The van der Waals surface area contributed by atoms with E-state index in [0.717, 1.165) is 16.5 Å². The predicted molar refractivity (Wildman–Crippen MR) is 128 cm³/mol. The second kappa shape index (κ2) is 10.4. The molecule has 33 heavy (non-hydrogen) atoms. The summed E-state index contributed by atoms with van der Waals surface area (Å²) in [6, 6.07) is 13.7. The van der Waals surface area contributed by atoms with E-state index in [0.29, 0.717) is 16.8 Å². The van der Waals surface area contributed by atoms with Crippen molar-refractivity contribution in [3.05, 3.63) is 71.3 Å². The zero-order chi connectivity index (χ0) is 24.2. The van der Waals surface area contributed by atoms with Crippen LogP contribution in [0.1, 0.15) is 37.3 Å². The van der Waals surface area contributed by atoms with Crippen molar-refractivity contribution in [3.8, 4) is 11.3 Å². The molecule has 2 N–H and O–H groups in total. The summed E-state index contributed by atoms with van der Waals surface area (Å²) in [5, 5.41) is 19.9. The predicted octanol–water partition coefficient (Wildman–Crippen LogP) is 5.90. The molecular weight excluding hydrogens is 444 g/mol. The van der Waals surface area contributed by atoms with Gasteiger partial charge >= 0.3 is 5.97 Å². The maximum absolute atomic E-state index is 13.6. The van der Waals surface area contributed by atoms with E-state index in [9.17, 15) is 18.9 Å². The Morgan fingerprint density at radius 3 is 2.45 bits per heavy atom. The molecular formula is C25H27FNO5P. The number of aliphatic hydroxyl groups excluding tert-OH is 1. The van der Waals surface area contributed by atoms with Crippen molar-refractivity contribution in [2.45, 2.75) is 32.3 Å². The molecule has 6 nitrogen and oxygen atoms in total. The fourth-order valence-electron chi connectivity index (χ4n) is 3.81. The monoisotopic (exact) mass is 471 g/mol. The van der Waals surface area contributed by atoms with Gasteiger partial charge in [-0.25, -0.2) is 9.37 Å². The van der Waals surface area contributed by atoms with Crippen LogP contribution in [-0.4, -0.2) is 40.5 Å². The minimum Gasteiger partial charge on any atom is -0.481 e. The van der Waals surface area contributed by atoms with Crippen LogP contribution in [0.5, 0.6) is 0 Å². The third kappa shape index (κ3) is 5.93. The van der Waals surface area contributed by atoms with Gasteiger partial charge in [-0.1, -0.05) is 32.0 Å². The first-order valence-electron chi connectivity index (χ1n) is 10.6. The van der Waals surface area contributed by atoms with Gasteiger partial charge in [0.05, 0.1) is 29.9 Å². The molecule has 1 heterocycles. The van der Waals surface area contributed by atoms with Gasteiger partial charge in [0.15, 0.2) is 0 Å². The molecule has 3 rings (SSSR count). The second-order valence-electron chi connectivity index (χ2n) is 8.13. The van der Waals surface area contributed by atoms with Gasteiger partial charge in [-0.15, -0.1) is 0 Å². The lowest BCUT2D eigenvalue weighted by atomic mass is 9.90. The highest BCUT2D eigenvalue weighted by atomic mass is 31.2. The van der Waals surface area contributed by atoms with Crippen LogP contribution in [0, 0.1) is 5.82 Å². The minimum atomic E-state index is -3.49. The number of fused-ring (bicyclic) bond motifs is 1. The summed E-state index contributed by atoms with van der Waals surface area (Å²) >= 11 is 0. The maximum Gasteiger partial charge on any atom is 0.305 e. The largest absolute Gasteiger partial charge is 0.481 e. The Morgan fingerprint density at radius 2 is 1.85 bits per heavy atom. The first kappa shape index (κ1) is 24.8. The third-order valence-electron chi connectivity index (χ3n) is 5.32. The van der Waals surface area contributed by atoms with Crippen LogP contribution in [0.3, 0.4) is 0 Å². The smallest absolute Gasteiger partial charge is 0.305 e. The van der Waals surface area contributed by atoms with E-state index in [-0.39, 0.29) is 17.9 Å². The number of carboxylic acids is 1. The number of rotatable bonds is 9. The number of hydrogen-bond acceptors (Lipinski definition) is 5. The van der Waals surface area contributed by atoms with Gasteiger partial charge in [-0.2, -0.15) is 0 Å². The van der Waals surface area contributed by atoms with Crippen LogP contribution in [0.15, 0.2) is 54.3 Å². The van der Waals surface area contributed by atoms with Crippen LogP contribution in [-0.2, 0) is 13.9 Å². The number of pyridine rings is 1. The molecule has 0 fully saturated rings. The molecule has 174 valence electrons. The Kier molecular flexibility index (Phi) is 7.80. The Hall–Kier alpha value is -2.86. The average Bonchev–Trinajstić information content (AvgIpc) is 2.76. The van der Waals surface area contributed by atoms with Gasteiger partial charge in [0.2, 0.25) is 7.37 Å². The molecule has 0 spiro atoms. The van der Waals surface area contributed by atoms with E-state index in [1.54, 1.807) is 18.2 Å². The topological polar surface area (TPSA) is 96.7 Å². The van der Waals surface area contributed by atoms with Gasteiger partial charge in [-0.3, -0.25) is 9.36 Å². The number of carboxylic acid groups (broad SMARTS) is 1. The highest BCUT2D eigenvalue weighted by molar-refractivity contribution is 7.62. The highest BCUT2D eigenvalue weighted by Crippen LogP contribution is 2.50. The van der Waals surface area contributed by atoms with E-state index in [1.165, 1.54) is 25.1 Å². The van der Waals surface area contributed by atoms with Crippen LogP contribution >= 0.6 is 7.37 Å². The number of hydrogen-bond donors (Lipinski definition) is 2. The Bertz CT molecular complexity index is 1220. The standard InChI is InChI=1S/C25H27FNO5P/c1-16(2)24-20-6-4-5-7-22(20)27-25(17-8-10-18(26)11-9-17)21(24)12-13-33(31,32-3)15-19(28)14-23(29)30/h4-13,16,19,28H,14-15H2,1-3H3,(H,29,30)/t19-,33?/m0/s1. The lowest BCUT2D eigenvalue weighted by molar-refractivity contribution is -0.138. The normalized spacial score (nSPS) is 14.6. The van der Waals surface area contributed by atoms with Gasteiger partial charge in [-0.05, 0) is 47.9 Å². The van der Waals surface area contributed by atoms with Crippen molar-refractivity contribution in [1.29, 1.82) is 0 Å². The first-order valence-corrected chi connectivity index (χ1v) is 12.4. The van der Waals surface area contributed by atoms with E-state index in [4.69, 9.17) is 14.6 Å². The maximum atomic E-state index is 13.6. The van der Waals surface area contributed by atoms with Crippen LogP contribution in [0.2, 0.25) is 0 Å². The van der Waals surface area contributed by atoms with Gasteiger partial charge in [0.1, 0.15) is 5.82 Å². The summed E-state index contributed by atoms with van der Waals surface area (Å²) in [5.74, 6) is -0.0789. The molecule has 1 aromatic heterocycles. The second-order valence-corrected chi connectivity index (χ2v) is 10.6. The van der Waals surface area contributed by atoms with Gasteiger partial charge in [0, 0.05) is 29.4 Å². The number of carbonyl (C=O) groups is 1. The fraction of sp³-hybridized carbons (Fsp3) is 0.280. The molecule has 1 unspecified atom stereocenters. The minimum absolute atomic E-state index is 0.0799.